The number of hydrogen-bond acceptors (Lipinski definition) is 2. The number of para-hydroxylation sites is 1. The Bertz CT molecular complexity index is 367. The lowest BCUT2D eigenvalue weighted by Crippen LogP contribution is -2.16. The maximum Gasteiger partial charge on any atom is 0.122 e. The van der Waals surface area contributed by atoms with Gasteiger partial charge in [0.2, 0.25) is 0 Å². The predicted octanol–water partition coefficient (Wildman–Crippen LogP) is 3.96. The summed E-state index contributed by atoms with van der Waals surface area (Å²) in [5, 5.41) is 10.3. The third-order valence-electron chi connectivity index (χ3n) is 4.23. The fourth-order valence-electron chi connectivity index (χ4n) is 3.19. The Balaban J connectivity index is 1.87. The maximum atomic E-state index is 10.3. The molecular weight excluding hydrogens is 236 g/mol. The highest BCUT2D eigenvalue weighted by Crippen LogP contribution is 2.28. The highest BCUT2D eigenvalue weighted by molar-refractivity contribution is 5.33. The molecule has 0 bridgehead atoms. The Morgan fingerprint density at radius 3 is 2.53 bits per heavy atom. The molecule has 0 heterocycles. The summed E-state index contributed by atoms with van der Waals surface area (Å²) in [5.74, 6) is 1.61. The third kappa shape index (κ3) is 4.54. The Labute approximate surface area is 116 Å². The summed E-state index contributed by atoms with van der Waals surface area (Å²) in [6.45, 7) is 0. The van der Waals surface area contributed by atoms with Gasteiger partial charge in [0.15, 0.2) is 0 Å². The van der Waals surface area contributed by atoms with Crippen molar-refractivity contribution in [2.24, 2.45) is 5.92 Å². The molecule has 1 aromatic rings. The molecule has 1 atom stereocenters. The molecule has 1 aromatic carbocycles. The van der Waals surface area contributed by atoms with Gasteiger partial charge in [-0.2, -0.15) is 0 Å². The molecule has 0 aliphatic heterocycles. The number of benzene rings is 1. The molecule has 1 N–H and O–H groups in total. The molecule has 1 aliphatic rings. The van der Waals surface area contributed by atoms with Crippen LogP contribution >= 0.6 is 0 Å². The molecular formula is C17H26O2. The van der Waals surface area contributed by atoms with Crippen LogP contribution < -0.4 is 4.74 Å². The van der Waals surface area contributed by atoms with E-state index < -0.39 is 0 Å². The largest absolute Gasteiger partial charge is 0.496 e. The lowest BCUT2D eigenvalue weighted by molar-refractivity contribution is 0.137. The van der Waals surface area contributed by atoms with Crippen LogP contribution in [0.3, 0.4) is 0 Å². The first kappa shape index (κ1) is 14.4. The molecule has 1 aliphatic carbocycles. The van der Waals surface area contributed by atoms with Gasteiger partial charge in [-0.3, -0.25) is 0 Å². The van der Waals surface area contributed by atoms with E-state index in [0.29, 0.717) is 12.3 Å². The Hall–Kier alpha value is -1.02. The number of ether oxygens (including phenoxy) is 1. The van der Waals surface area contributed by atoms with E-state index in [2.05, 4.69) is 6.07 Å². The molecule has 1 unspecified atom stereocenters. The predicted molar refractivity (Wildman–Crippen MR) is 78.5 cm³/mol. The second-order valence-corrected chi connectivity index (χ2v) is 5.76. The molecule has 1 fully saturated rings. The lowest BCUT2D eigenvalue weighted by atomic mass is 9.91. The minimum Gasteiger partial charge on any atom is -0.496 e. The SMILES string of the molecule is COc1ccccc1CC(O)CC1CCCCCC1. The van der Waals surface area contributed by atoms with E-state index in [0.717, 1.165) is 17.7 Å². The van der Waals surface area contributed by atoms with E-state index in [1.807, 2.05) is 18.2 Å². The Kier molecular flexibility index (Phi) is 5.71. The van der Waals surface area contributed by atoms with E-state index in [4.69, 9.17) is 4.74 Å². The monoisotopic (exact) mass is 262 g/mol. The van der Waals surface area contributed by atoms with Crippen molar-refractivity contribution in [1.29, 1.82) is 0 Å². The maximum absolute atomic E-state index is 10.3. The van der Waals surface area contributed by atoms with Crippen LogP contribution in [-0.4, -0.2) is 18.3 Å². The number of aliphatic hydroxyl groups is 1. The summed E-state index contributed by atoms with van der Waals surface area (Å²) in [5.41, 5.74) is 1.12. The fraction of sp³-hybridized carbons (Fsp3) is 0.647. The summed E-state index contributed by atoms with van der Waals surface area (Å²) in [6.07, 6.45) is 9.43. The smallest absolute Gasteiger partial charge is 0.122 e. The summed E-state index contributed by atoms with van der Waals surface area (Å²) in [4.78, 5) is 0. The molecule has 19 heavy (non-hydrogen) atoms. The topological polar surface area (TPSA) is 29.5 Å². The zero-order chi connectivity index (χ0) is 13.5. The molecule has 0 amide bonds. The summed E-state index contributed by atoms with van der Waals surface area (Å²) in [6, 6.07) is 8.00. The summed E-state index contributed by atoms with van der Waals surface area (Å²) >= 11 is 0. The molecule has 0 radical (unpaired) electrons. The number of aliphatic hydroxyl groups excluding tert-OH is 1. The lowest BCUT2D eigenvalue weighted by Gasteiger charge is -2.19. The number of hydrogen-bond donors (Lipinski definition) is 1. The summed E-state index contributed by atoms with van der Waals surface area (Å²) in [7, 11) is 1.69. The quantitative estimate of drug-likeness (QED) is 0.814. The van der Waals surface area contributed by atoms with Gasteiger partial charge in [-0.15, -0.1) is 0 Å². The van der Waals surface area contributed by atoms with Crippen LogP contribution in [-0.2, 0) is 6.42 Å². The van der Waals surface area contributed by atoms with Gasteiger partial charge in [0.25, 0.3) is 0 Å². The molecule has 0 spiro atoms. The van der Waals surface area contributed by atoms with Gasteiger partial charge in [-0.05, 0) is 24.0 Å². The van der Waals surface area contributed by atoms with Crippen molar-refractivity contribution in [2.45, 2.75) is 57.5 Å². The van der Waals surface area contributed by atoms with Gasteiger partial charge >= 0.3 is 0 Å². The minimum atomic E-state index is -0.237. The average molecular weight is 262 g/mol. The van der Waals surface area contributed by atoms with Gasteiger partial charge < -0.3 is 9.84 Å². The van der Waals surface area contributed by atoms with E-state index >= 15 is 0 Å². The third-order valence-corrected chi connectivity index (χ3v) is 4.23. The van der Waals surface area contributed by atoms with Gasteiger partial charge in [0.1, 0.15) is 5.75 Å². The van der Waals surface area contributed by atoms with Crippen molar-refractivity contribution < 1.29 is 9.84 Å². The van der Waals surface area contributed by atoms with Crippen LogP contribution in [0.2, 0.25) is 0 Å². The van der Waals surface area contributed by atoms with Crippen molar-refractivity contribution in [2.75, 3.05) is 7.11 Å². The second-order valence-electron chi connectivity index (χ2n) is 5.76. The van der Waals surface area contributed by atoms with Gasteiger partial charge in [0, 0.05) is 6.42 Å². The second kappa shape index (κ2) is 7.54. The summed E-state index contributed by atoms with van der Waals surface area (Å²) < 4.78 is 5.35. The average Bonchev–Trinajstić information content (AvgIpc) is 2.68. The van der Waals surface area contributed by atoms with Crippen LogP contribution in [0.5, 0.6) is 5.75 Å². The van der Waals surface area contributed by atoms with Crippen LogP contribution in [0, 0.1) is 5.92 Å². The van der Waals surface area contributed by atoms with Crippen molar-refractivity contribution in [3.05, 3.63) is 29.8 Å². The first-order valence-electron chi connectivity index (χ1n) is 7.59. The molecule has 2 nitrogen and oxygen atoms in total. The molecule has 106 valence electrons. The normalized spacial score (nSPS) is 18.8. The van der Waals surface area contributed by atoms with E-state index in [1.54, 1.807) is 7.11 Å². The minimum absolute atomic E-state index is 0.237. The molecule has 0 saturated heterocycles. The molecule has 2 heteroatoms. The standard InChI is InChI=1S/C17H26O2/c1-19-17-11-7-6-10-15(17)13-16(18)12-14-8-4-2-3-5-9-14/h6-7,10-11,14,16,18H,2-5,8-9,12-13H2,1H3. The Morgan fingerprint density at radius 1 is 1.16 bits per heavy atom. The van der Waals surface area contributed by atoms with E-state index in [1.165, 1.54) is 38.5 Å². The van der Waals surface area contributed by atoms with E-state index in [-0.39, 0.29) is 6.10 Å². The fourth-order valence-corrected chi connectivity index (χ4v) is 3.19. The van der Waals surface area contributed by atoms with Crippen molar-refractivity contribution in [3.8, 4) is 5.75 Å². The highest BCUT2D eigenvalue weighted by Gasteiger charge is 2.17. The highest BCUT2D eigenvalue weighted by atomic mass is 16.5. The zero-order valence-electron chi connectivity index (χ0n) is 12.0. The van der Waals surface area contributed by atoms with Crippen LogP contribution in [0.1, 0.15) is 50.5 Å². The van der Waals surface area contributed by atoms with Crippen LogP contribution in [0.15, 0.2) is 24.3 Å². The first-order chi connectivity index (χ1) is 9.29. The van der Waals surface area contributed by atoms with Crippen molar-refractivity contribution >= 4 is 0 Å². The van der Waals surface area contributed by atoms with E-state index in [9.17, 15) is 5.11 Å². The number of methoxy groups -OCH3 is 1. The van der Waals surface area contributed by atoms with Gasteiger partial charge in [-0.1, -0.05) is 56.7 Å². The Morgan fingerprint density at radius 2 is 1.84 bits per heavy atom. The zero-order valence-corrected chi connectivity index (χ0v) is 12.0. The van der Waals surface area contributed by atoms with Gasteiger partial charge in [0.05, 0.1) is 13.2 Å². The molecule has 0 aromatic heterocycles. The van der Waals surface area contributed by atoms with Crippen LogP contribution in [0.4, 0.5) is 0 Å². The van der Waals surface area contributed by atoms with Crippen molar-refractivity contribution in [3.63, 3.8) is 0 Å². The van der Waals surface area contributed by atoms with Crippen molar-refractivity contribution in [1.82, 2.24) is 0 Å². The first-order valence-corrected chi connectivity index (χ1v) is 7.59. The molecule has 2 rings (SSSR count). The molecule has 1 saturated carbocycles. The van der Waals surface area contributed by atoms with Gasteiger partial charge in [-0.25, -0.2) is 0 Å². The number of rotatable bonds is 5. The van der Waals surface area contributed by atoms with Crippen LogP contribution in [0.25, 0.3) is 0 Å².